The zero-order valence-electron chi connectivity index (χ0n) is 8.69. The lowest BCUT2D eigenvalue weighted by Crippen LogP contribution is -2.15. The van der Waals surface area contributed by atoms with Gasteiger partial charge in [0.1, 0.15) is 5.75 Å². The molecule has 1 aromatic carbocycles. The van der Waals surface area contributed by atoms with E-state index in [9.17, 15) is 0 Å². The Balaban J connectivity index is 2.80. The number of rotatable bonds is 5. The first-order chi connectivity index (χ1) is 6.81. The molecule has 3 heteroatoms. The summed E-state index contributed by atoms with van der Waals surface area (Å²) >= 11 is 0. The molecule has 0 aliphatic rings. The second-order valence-electron chi connectivity index (χ2n) is 2.96. The average Bonchev–Trinajstić information content (AvgIpc) is 2.26. The molecule has 0 spiro atoms. The van der Waals surface area contributed by atoms with Gasteiger partial charge in [-0.1, -0.05) is 12.1 Å². The normalized spacial score (nSPS) is 12.5. The van der Waals surface area contributed by atoms with Crippen LogP contribution in [0, 0.1) is 0 Å². The molecule has 0 aliphatic carbocycles. The van der Waals surface area contributed by atoms with Crippen molar-refractivity contribution in [1.82, 2.24) is 0 Å². The van der Waals surface area contributed by atoms with Gasteiger partial charge in [0.05, 0.1) is 13.2 Å². The van der Waals surface area contributed by atoms with Crippen LogP contribution in [-0.4, -0.2) is 20.3 Å². The van der Waals surface area contributed by atoms with Gasteiger partial charge >= 0.3 is 0 Å². The van der Waals surface area contributed by atoms with Gasteiger partial charge in [0.25, 0.3) is 0 Å². The van der Waals surface area contributed by atoms with Gasteiger partial charge < -0.3 is 15.2 Å². The average molecular weight is 195 g/mol. The summed E-state index contributed by atoms with van der Waals surface area (Å²) in [6, 6.07) is 7.79. The van der Waals surface area contributed by atoms with E-state index < -0.39 is 0 Å². The number of hydrogen-bond acceptors (Lipinski definition) is 3. The minimum Gasteiger partial charge on any atom is -0.497 e. The van der Waals surface area contributed by atoms with Gasteiger partial charge in [-0.25, -0.2) is 0 Å². The highest BCUT2D eigenvalue weighted by molar-refractivity contribution is 5.30. The van der Waals surface area contributed by atoms with Crippen LogP contribution in [0.3, 0.4) is 0 Å². The number of benzene rings is 1. The molecular weight excluding hydrogens is 178 g/mol. The van der Waals surface area contributed by atoms with Crippen molar-refractivity contribution in [1.29, 1.82) is 0 Å². The number of methoxy groups -OCH3 is 1. The van der Waals surface area contributed by atoms with E-state index in [1.165, 1.54) is 0 Å². The topological polar surface area (TPSA) is 44.5 Å². The molecule has 0 aliphatic heterocycles. The van der Waals surface area contributed by atoms with Gasteiger partial charge in [-0.05, 0) is 24.6 Å². The van der Waals surface area contributed by atoms with Crippen LogP contribution in [0.4, 0.5) is 0 Å². The van der Waals surface area contributed by atoms with Crippen LogP contribution in [-0.2, 0) is 4.74 Å². The quantitative estimate of drug-likeness (QED) is 0.778. The summed E-state index contributed by atoms with van der Waals surface area (Å²) < 4.78 is 10.6. The summed E-state index contributed by atoms with van der Waals surface area (Å²) in [5, 5.41) is 0. The van der Waals surface area contributed by atoms with Gasteiger partial charge in [-0.3, -0.25) is 0 Å². The maximum Gasteiger partial charge on any atom is 0.119 e. The molecule has 0 fully saturated rings. The van der Waals surface area contributed by atoms with Crippen molar-refractivity contribution in [2.24, 2.45) is 5.73 Å². The molecule has 0 heterocycles. The highest BCUT2D eigenvalue weighted by Crippen LogP contribution is 2.20. The molecule has 2 N–H and O–H groups in total. The monoisotopic (exact) mass is 195 g/mol. The molecule has 0 saturated heterocycles. The van der Waals surface area contributed by atoms with Crippen LogP contribution in [0.1, 0.15) is 18.6 Å². The maximum atomic E-state index is 5.62. The van der Waals surface area contributed by atoms with Crippen molar-refractivity contribution in [2.75, 3.05) is 20.3 Å². The maximum absolute atomic E-state index is 5.62. The minimum atomic E-state index is -0.0323. The molecule has 1 rings (SSSR count). The lowest BCUT2D eigenvalue weighted by molar-refractivity contribution is 0.0687. The Morgan fingerprint density at radius 3 is 2.79 bits per heavy atom. The van der Waals surface area contributed by atoms with Gasteiger partial charge in [0, 0.05) is 13.2 Å². The molecule has 14 heavy (non-hydrogen) atoms. The molecule has 0 saturated carbocycles. The molecule has 1 atom stereocenters. The van der Waals surface area contributed by atoms with Crippen LogP contribution in [0.5, 0.6) is 5.75 Å². The van der Waals surface area contributed by atoms with Crippen molar-refractivity contribution >= 4 is 0 Å². The molecule has 3 nitrogen and oxygen atoms in total. The lowest BCUT2D eigenvalue weighted by atomic mass is 10.1. The standard InChI is InChI=1S/C11H17NO2/c1-3-14-11(8-12)9-5-4-6-10(7-9)13-2/h4-7,11H,3,8,12H2,1-2H3. The van der Waals surface area contributed by atoms with E-state index >= 15 is 0 Å². The Labute approximate surface area is 84.8 Å². The molecule has 0 bridgehead atoms. The highest BCUT2D eigenvalue weighted by Gasteiger charge is 2.09. The molecular formula is C11H17NO2. The Kier molecular flexibility index (Phi) is 4.43. The molecule has 0 aromatic heterocycles. The van der Waals surface area contributed by atoms with Crippen LogP contribution in [0.25, 0.3) is 0 Å². The lowest BCUT2D eigenvalue weighted by Gasteiger charge is -2.15. The molecule has 78 valence electrons. The largest absolute Gasteiger partial charge is 0.497 e. The van der Waals surface area contributed by atoms with Crippen LogP contribution in [0.15, 0.2) is 24.3 Å². The Hall–Kier alpha value is -1.06. The van der Waals surface area contributed by atoms with Crippen molar-refractivity contribution in [2.45, 2.75) is 13.0 Å². The van der Waals surface area contributed by atoms with Gasteiger partial charge in [0.15, 0.2) is 0 Å². The molecule has 0 amide bonds. The predicted molar refractivity (Wildman–Crippen MR) is 56.4 cm³/mol. The highest BCUT2D eigenvalue weighted by atomic mass is 16.5. The third-order valence-electron chi connectivity index (χ3n) is 2.05. The first kappa shape index (κ1) is 11.0. The van der Waals surface area contributed by atoms with Crippen molar-refractivity contribution in [3.05, 3.63) is 29.8 Å². The van der Waals surface area contributed by atoms with E-state index in [4.69, 9.17) is 15.2 Å². The molecule has 1 aromatic rings. The second kappa shape index (κ2) is 5.62. The van der Waals surface area contributed by atoms with Crippen molar-refractivity contribution in [3.8, 4) is 5.75 Å². The summed E-state index contributed by atoms with van der Waals surface area (Å²) in [5.74, 6) is 0.834. The summed E-state index contributed by atoms with van der Waals surface area (Å²) in [6.07, 6.45) is -0.0323. The summed E-state index contributed by atoms with van der Waals surface area (Å²) in [6.45, 7) is 3.11. The Morgan fingerprint density at radius 2 is 2.21 bits per heavy atom. The third kappa shape index (κ3) is 2.72. The first-order valence-corrected chi connectivity index (χ1v) is 4.77. The van der Waals surface area contributed by atoms with E-state index in [-0.39, 0.29) is 6.10 Å². The predicted octanol–water partition coefficient (Wildman–Crippen LogP) is 1.73. The Bertz CT molecular complexity index is 276. The van der Waals surface area contributed by atoms with Crippen molar-refractivity contribution < 1.29 is 9.47 Å². The molecule has 1 unspecified atom stereocenters. The number of nitrogens with two attached hydrogens (primary N) is 1. The third-order valence-corrected chi connectivity index (χ3v) is 2.05. The van der Waals surface area contributed by atoms with Gasteiger partial charge in [-0.2, -0.15) is 0 Å². The van der Waals surface area contributed by atoms with E-state index in [2.05, 4.69) is 0 Å². The van der Waals surface area contributed by atoms with Crippen molar-refractivity contribution in [3.63, 3.8) is 0 Å². The van der Waals surface area contributed by atoms with E-state index in [1.807, 2.05) is 31.2 Å². The van der Waals surface area contributed by atoms with E-state index in [1.54, 1.807) is 7.11 Å². The fourth-order valence-electron chi connectivity index (χ4n) is 1.34. The minimum absolute atomic E-state index is 0.0323. The zero-order chi connectivity index (χ0) is 10.4. The van der Waals surface area contributed by atoms with Gasteiger partial charge in [0.2, 0.25) is 0 Å². The van der Waals surface area contributed by atoms with Gasteiger partial charge in [-0.15, -0.1) is 0 Å². The van der Waals surface area contributed by atoms with Crippen LogP contribution < -0.4 is 10.5 Å². The summed E-state index contributed by atoms with van der Waals surface area (Å²) in [7, 11) is 1.65. The van der Waals surface area contributed by atoms with E-state index in [0.717, 1.165) is 11.3 Å². The molecule has 0 radical (unpaired) electrons. The Morgan fingerprint density at radius 1 is 1.43 bits per heavy atom. The van der Waals surface area contributed by atoms with E-state index in [0.29, 0.717) is 13.2 Å². The van der Waals surface area contributed by atoms with Crippen LogP contribution in [0.2, 0.25) is 0 Å². The summed E-state index contributed by atoms with van der Waals surface area (Å²) in [4.78, 5) is 0. The SMILES string of the molecule is CCOC(CN)c1cccc(OC)c1. The fraction of sp³-hybridized carbons (Fsp3) is 0.455. The fourth-order valence-corrected chi connectivity index (χ4v) is 1.34. The zero-order valence-corrected chi connectivity index (χ0v) is 8.69. The number of hydrogen-bond donors (Lipinski definition) is 1. The smallest absolute Gasteiger partial charge is 0.119 e. The van der Waals surface area contributed by atoms with Crippen LogP contribution >= 0.6 is 0 Å². The number of ether oxygens (including phenoxy) is 2. The summed E-state index contributed by atoms with van der Waals surface area (Å²) in [5.41, 5.74) is 6.68. The first-order valence-electron chi connectivity index (χ1n) is 4.77. The second-order valence-corrected chi connectivity index (χ2v) is 2.96.